The quantitative estimate of drug-likeness (QED) is 0.899. The lowest BCUT2D eigenvalue weighted by molar-refractivity contribution is -0.152. The van der Waals surface area contributed by atoms with Gasteiger partial charge < -0.3 is 5.11 Å². The lowest BCUT2D eigenvalue weighted by atomic mass is 9.74. The predicted molar refractivity (Wildman–Crippen MR) is 72.0 cm³/mol. The zero-order valence-electron chi connectivity index (χ0n) is 11.5. The Hall–Kier alpha value is -2.38. The number of carbonyl (C=O) groups is 1. The Morgan fingerprint density at radius 1 is 1.29 bits per heavy atom. The molecule has 8 nitrogen and oxygen atoms in total. The molecule has 2 aromatic heterocycles. The summed E-state index contributed by atoms with van der Waals surface area (Å²) in [5, 5.41) is 28.8. The highest BCUT2D eigenvalue weighted by Gasteiger charge is 2.41. The maximum absolute atomic E-state index is 11.7. The van der Waals surface area contributed by atoms with Crippen molar-refractivity contribution in [1.82, 2.24) is 30.4 Å². The maximum Gasteiger partial charge on any atom is 0.311 e. The second kappa shape index (κ2) is 5.55. The molecule has 1 fully saturated rings. The lowest BCUT2D eigenvalue weighted by Gasteiger charge is -2.32. The van der Waals surface area contributed by atoms with E-state index in [0.29, 0.717) is 18.7 Å². The molecular weight excluding hydrogens is 272 g/mol. The minimum Gasteiger partial charge on any atom is -0.481 e. The van der Waals surface area contributed by atoms with Gasteiger partial charge in [0.15, 0.2) is 5.82 Å². The number of aromatic nitrogens is 6. The predicted octanol–water partition coefficient (Wildman–Crippen LogP) is 1.17. The topological polar surface area (TPSA) is 107 Å². The summed E-state index contributed by atoms with van der Waals surface area (Å²) in [7, 11) is 0. The summed E-state index contributed by atoms with van der Waals surface area (Å²) in [4.78, 5) is 11.7. The van der Waals surface area contributed by atoms with Crippen LogP contribution < -0.4 is 0 Å². The van der Waals surface area contributed by atoms with E-state index in [1.54, 1.807) is 23.1 Å². The molecule has 2 aromatic rings. The average molecular weight is 288 g/mol. The number of carboxylic acids is 1. The second-order valence-corrected chi connectivity index (χ2v) is 5.44. The fourth-order valence-corrected chi connectivity index (χ4v) is 2.90. The molecule has 0 aliphatic heterocycles. The molecule has 1 aliphatic carbocycles. The van der Waals surface area contributed by atoms with Gasteiger partial charge in [-0.15, -0.1) is 5.10 Å². The van der Waals surface area contributed by atoms with Crippen LogP contribution in [0.2, 0.25) is 0 Å². The molecular formula is C13H16N6O2. The highest BCUT2D eigenvalue weighted by atomic mass is 16.4. The van der Waals surface area contributed by atoms with Crippen molar-refractivity contribution in [3.05, 3.63) is 18.5 Å². The molecule has 1 aliphatic rings. The molecule has 0 unspecified atom stereocenters. The van der Waals surface area contributed by atoms with Crippen molar-refractivity contribution >= 4 is 5.97 Å². The first kappa shape index (κ1) is 13.6. The molecule has 21 heavy (non-hydrogen) atoms. The molecule has 2 heterocycles. The summed E-state index contributed by atoms with van der Waals surface area (Å²) >= 11 is 0. The lowest BCUT2D eigenvalue weighted by Crippen LogP contribution is -2.38. The number of tetrazole rings is 1. The number of rotatable bonds is 4. The first-order chi connectivity index (χ1) is 10.2. The molecule has 0 saturated heterocycles. The van der Waals surface area contributed by atoms with Crippen LogP contribution in [0.25, 0.3) is 11.4 Å². The Bertz CT molecular complexity index is 621. The Morgan fingerprint density at radius 3 is 2.76 bits per heavy atom. The van der Waals surface area contributed by atoms with Gasteiger partial charge in [-0.2, -0.15) is 10.2 Å². The van der Waals surface area contributed by atoms with Crippen molar-refractivity contribution < 1.29 is 9.90 Å². The van der Waals surface area contributed by atoms with E-state index in [0.717, 1.165) is 24.8 Å². The third-order valence-corrected chi connectivity index (χ3v) is 4.09. The third kappa shape index (κ3) is 2.61. The molecule has 0 radical (unpaired) electrons. The minimum absolute atomic E-state index is 0.285. The highest BCUT2D eigenvalue weighted by Crippen LogP contribution is 2.38. The number of carboxylic acid groups (broad SMARTS) is 1. The fourth-order valence-electron chi connectivity index (χ4n) is 2.90. The van der Waals surface area contributed by atoms with E-state index in [9.17, 15) is 9.90 Å². The Morgan fingerprint density at radius 2 is 2.10 bits per heavy atom. The van der Waals surface area contributed by atoms with Crippen LogP contribution in [-0.4, -0.2) is 41.5 Å². The van der Waals surface area contributed by atoms with Gasteiger partial charge in [-0.1, -0.05) is 19.3 Å². The van der Waals surface area contributed by atoms with Gasteiger partial charge >= 0.3 is 5.97 Å². The van der Waals surface area contributed by atoms with Gasteiger partial charge in [0, 0.05) is 5.56 Å². The summed E-state index contributed by atoms with van der Waals surface area (Å²) in [6.07, 6.45) is 7.40. The number of hydrogen-bond acceptors (Lipinski definition) is 6. The molecule has 0 atom stereocenters. The summed E-state index contributed by atoms with van der Waals surface area (Å²) in [5.74, 6) is -0.243. The first-order valence-electron chi connectivity index (χ1n) is 6.98. The molecule has 0 amide bonds. The molecule has 110 valence electrons. The Balaban J connectivity index is 1.91. The van der Waals surface area contributed by atoms with Gasteiger partial charge in [0.1, 0.15) is 0 Å². The van der Waals surface area contributed by atoms with Crippen LogP contribution in [0.3, 0.4) is 0 Å². The summed E-state index contributed by atoms with van der Waals surface area (Å²) in [6, 6.07) is 1.75. The monoisotopic (exact) mass is 288 g/mol. The number of hydrogen-bond donors (Lipinski definition) is 1. The van der Waals surface area contributed by atoms with Crippen LogP contribution in [0, 0.1) is 5.41 Å². The largest absolute Gasteiger partial charge is 0.481 e. The van der Waals surface area contributed by atoms with Crippen molar-refractivity contribution in [1.29, 1.82) is 0 Å². The van der Waals surface area contributed by atoms with Gasteiger partial charge in [0.2, 0.25) is 0 Å². The summed E-state index contributed by atoms with van der Waals surface area (Å²) in [5.41, 5.74) is -0.0469. The average Bonchev–Trinajstić information content (AvgIpc) is 2.97. The van der Waals surface area contributed by atoms with Crippen LogP contribution in [0.1, 0.15) is 32.1 Å². The third-order valence-electron chi connectivity index (χ3n) is 4.09. The van der Waals surface area contributed by atoms with E-state index >= 15 is 0 Å². The van der Waals surface area contributed by atoms with E-state index in [2.05, 4.69) is 25.7 Å². The van der Waals surface area contributed by atoms with E-state index in [1.165, 1.54) is 0 Å². The van der Waals surface area contributed by atoms with Gasteiger partial charge in [-0.05, 0) is 29.3 Å². The Labute approximate surface area is 121 Å². The molecule has 3 rings (SSSR count). The molecule has 0 aromatic carbocycles. The van der Waals surface area contributed by atoms with Crippen LogP contribution >= 0.6 is 0 Å². The van der Waals surface area contributed by atoms with E-state index in [-0.39, 0.29) is 6.54 Å². The van der Waals surface area contributed by atoms with Crippen molar-refractivity contribution in [3.63, 3.8) is 0 Å². The van der Waals surface area contributed by atoms with Crippen molar-refractivity contribution in [2.45, 2.75) is 38.6 Å². The van der Waals surface area contributed by atoms with Crippen molar-refractivity contribution in [2.24, 2.45) is 5.41 Å². The number of aliphatic carboxylic acids is 1. The van der Waals surface area contributed by atoms with Crippen LogP contribution in [0.15, 0.2) is 18.5 Å². The smallest absolute Gasteiger partial charge is 0.311 e. The molecule has 1 N–H and O–H groups in total. The van der Waals surface area contributed by atoms with Gasteiger partial charge in [-0.25, -0.2) is 4.68 Å². The SMILES string of the molecule is O=C(O)C1(Cn2nnnc2-c2ccnnc2)CCCCC1. The summed E-state index contributed by atoms with van der Waals surface area (Å²) in [6.45, 7) is 0.285. The zero-order chi connectivity index (χ0) is 14.7. The zero-order valence-corrected chi connectivity index (χ0v) is 11.5. The van der Waals surface area contributed by atoms with Crippen LogP contribution in [-0.2, 0) is 11.3 Å². The van der Waals surface area contributed by atoms with Crippen LogP contribution in [0.5, 0.6) is 0 Å². The molecule has 8 heteroatoms. The fraction of sp³-hybridized carbons (Fsp3) is 0.538. The Kier molecular flexibility index (Phi) is 3.59. The van der Waals surface area contributed by atoms with Crippen molar-refractivity contribution in [3.8, 4) is 11.4 Å². The van der Waals surface area contributed by atoms with E-state index in [1.807, 2.05) is 0 Å². The van der Waals surface area contributed by atoms with Gasteiger partial charge in [-0.3, -0.25) is 4.79 Å². The highest BCUT2D eigenvalue weighted by molar-refractivity contribution is 5.74. The van der Waals surface area contributed by atoms with E-state index < -0.39 is 11.4 Å². The molecule has 1 saturated carbocycles. The van der Waals surface area contributed by atoms with E-state index in [4.69, 9.17) is 0 Å². The minimum atomic E-state index is -0.775. The second-order valence-electron chi connectivity index (χ2n) is 5.44. The number of nitrogens with zero attached hydrogens (tertiary/aromatic N) is 6. The van der Waals surface area contributed by atoms with Crippen LogP contribution in [0.4, 0.5) is 0 Å². The normalized spacial score (nSPS) is 17.5. The molecule has 0 bridgehead atoms. The molecule has 0 spiro atoms. The van der Waals surface area contributed by atoms with Gasteiger partial charge in [0.25, 0.3) is 0 Å². The standard InChI is InChI=1S/C13H16N6O2/c20-12(21)13(5-2-1-3-6-13)9-19-11(16-17-18-19)10-4-7-14-15-8-10/h4,7-8H,1-3,5-6,9H2,(H,20,21). The first-order valence-corrected chi connectivity index (χ1v) is 6.98. The van der Waals surface area contributed by atoms with Crippen molar-refractivity contribution in [2.75, 3.05) is 0 Å². The van der Waals surface area contributed by atoms with Gasteiger partial charge in [0.05, 0.1) is 24.4 Å². The summed E-state index contributed by atoms with van der Waals surface area (Å²) < 4.78 is 1.57. The maximum atomic E-state index is 11.7.